The van der Waals surface area contributed by atoms with Gasteiger partial charge in [0.15, 0.2) is 5.52 Å². The van der Waals surface area contributed by atoms with E-state index in [-0.39, 0.29) is 14.1 Å². The molecule has 0 radical (unpaired) electrons. The first-order chi connectivity index (χ1) is 11.6. The molecule has 0 fully saturated rings. The highest BCUT2D eigenvalue weighted by Crippen LogP contribution is 2.27. The monoisotopic (exact) mass is 362 g/mol. The second-order valence-corrected chi connectivity index (χ2v) is 7.47. The Morgan fingerprint density at radius 1 is 1.12 bits per heavy atom. The first-order valence-electron chi connectivity index (χ1n) is 8.41. The van der Waals surface area contributed by atoms with Gasteiger partial charge in [-0.1, -0.05) is 62.1 Å². The molecule has 1 unspecified atom stereocenters. The van der Waals surface area contributed by atoms with Gasteiger partial charge in [-0.25, -0.2) is 0 Å². The SMILES string of the molecule is CCCCCCOc1ccc(PC(=O)c2ccccc2C)c(Cl)c1. The Balaban J connectivity index is 1.95. The average molecular weight is 363 g/mol. The molecule has 1 atom stereocenters. The molecule has 0 N–H and O–H groups in total. The van der Waals surface area contributed by atoms with Crippen molar-refractivity contribution in [1.29, 1.82) is 0 Å². The molecule has 0 saturated carbocycles. The van der Waals surface area contributed by atoms with Gasteiger partial charge in [0, 0.05) is 5.56 Å². The van der Waals surface area contributed by atoms with Crippen molar-refractivity contribution in [3.63, 3.8) is 0 Å². The fourth-order valence-corrected chi connectivity index (χ4v) is 3.75. The molecule has 2 nitrogen and oxygen atoms in total. The van der Waals surface area contributed by atoms with Crippen molar-refractivity contribution in [2.45, 2.75) is 39.5 Å². The molecule has 2 aromatic rings. The van der Waals surface area contributed by atoms with E-state index in [0.717, 1.165) is 28.6 Å². The first-order valence-corrected chi connectivity index (χ1v) is 9.79. The number of carbonyl (C=O) groups excluding carboxylic acids is 1. The van der Waals surface area contributed by atoms with E-state index in [4.69, 9.17) is 16.3 Å². The van der Waals surface area contributed by atoms with E-state index in [1.54, 1.807) is 0 Å². The second kappa shape index (κ2) is 9.81. The van der Waals surface area contributed by atoms with E-state index in [9.17, 15) is 4.79 Å². The van der Waals surface area contributed by atoms with Crippen molar-refractivity contribution in [3.05, 3.63) is 58.6 Å². The third kappa shape index (κ3) is 5.61. The van der Waals surface area contributed by atoms with Crippen LogP contribution in [0, 0.1) is 6.92 Å². The number of carbonyl (C=O) groups is 1. The summed E-state index contributed by atoms with van der Waals surface area (Å²) in [5, 5.41) is 1.46. The summed E-state index contributed by atoms with van der Waals surface area (Å²) in [6.07, 6.45) is 4.71. The van der Waals surface area contributed by atoms with Gasteiger partial charge in [0.2, 0.25) is 0 Å². The number of halogens is 1. The highest BCUT2D eigenvalue weighted by atomic mass is 35.5. The molecule has 2 rings (SSSR count). The van der Waals surface area contributed by atoms with Crippen LogP contribution in [0.2, 0.25) is 5.02 Å². The Hall–Kier alpha value is -1.37. The molecule has 0 aliphatic heterocycles. The van der Waals surface area contributed by atoms with E-state index in [0.29, 0.717) is 11.6 Å². The molecule has 128 valence electrons. The summed E-state index contributed by atoms with van der Waals surface area (Å²) in [6.45, 7) is 4.85. The number of ether oxygens (including phenoxy) is 1. The molecule has 0 spiro atoms. The largest absolute Gasteiger partial charge is 0.494 e. The number of benzene rings is 2. The molecule has 0 amide bonds. The zero-order chi connectivity index (χ0) is 17.4. The van der Waals surface area contributed by atoms with Crippen molar-refractivity contribution >= 4 is 31.0 Å². The molecule has 0 aromatic heterocycles. The van der Waals surface area contributed by atoms with Crippen molar-refractivity contribution in [3.8, 4) is 5.75 Å². The van der Waals surface area contributed by atoms with Crippen LogP contribution in [0.15, 0.2) is 42.5 Å². The van der Waals surface area contributed by atoms with Gasteiger partial charge in [-0.3, -0.25) is 4.79 Å². The lowest BCUT2D eigenvalue weighted by molar-refractivity contribution is 0.108. The van der Waals surface area contributed by atoms with Crippen molar-refractivity contribution in [1.82, 2.24) is 0 Å². The lowest BCUT2D eigenvalue weighted by atomic mass is 10.1. The molecule has 0 aliphatic carbocycles. The molecule has 24 heavy (non-hydrogen) atoms. The van der Waals surface area contributed by atoms with Crippen LogP contribution in [0.1, 0.15) is 48.5 Å². The second-order valence-electron chi connectivity index (χ2n) is 5.82. The smallest absolute Gasteiger partial charge is 0.185 e. The van der Waals surface area contributed by atoms with E-state index >= 15 is 0 Å². The predicted molar refractivity (Wildman–Crippen MR) is 105 cm³/mol. The third-order valence-electron chi connectivity index (χ3n) is 3.85. The van der Waals surface area contributed by atoms with Gasteiger partial charge in [0.25, 0.3) is 0 Å². The summed E-state index contributed by atoms with van der Waals surface area (Å²) in [5.41, 5.74) is 1.88. The lowest BCUT2D eigenvalue weighted by Crippen LogP contribution is -2.05. The summed E-state index contributed by atoms with van der Waals surface area (Å²) in [5.74, 6) is 0.772. The van der Waals surface area contributed by atoms with Crippen LogP contribution in [-0.4, -0.2) is 12.1 Å². The van der Waals surface area contributed by atoms with Gasteiger partial charge in [-0.2, -0.15) is 0 Å². The zero-order valence-electron chi connectivity index (χ0n) is 14.3. The minimum atomic E-state index is 0.0231. The Morgan fingerprint density at radius 2 is 1.92 bits per heavy atom. The van der Waals surface area contributed by atoms with Gasteiger partial charge in [-0.15, -0.1) is 0 Å². The topological polar surface area (TPSA) is 26.3 Å². The number of aryl methyl sites for hydroxylation is 1. The van der Waals surface area contributed by atoms with E-state index in [2.05, 4.69) is 6.92 Å². The van der Waals surface area contributed by atoms with E-state index in [1.165, 1.54) is 19.3 Å². The molecule has 4 heteroatoms. The summed E-state index contributed by atoms with van der Waals surface area (Å²) >= 11 is 6.34. The fraction of sp³-hybridized carbons (Fsp3) is 0.350. The average Bonchev–Trinajstić information content (AvgIpc) is 2.57. The highest BCUT2D eigenvalue weighted by molar-refractivity contribution is 7.66. The van der Waals surface area contributed by atoms with Gasteiger partial charge in [0.1, 0.15) is 5.75 Å². The number of hydrogen-bond acceptors (Lipinski definition) is 2. The van der Waals surface area contributed by atoms with Gasteiger partial charge in [-0.05, 0) is 51.0 Å². The Bertz CT molecular complexity index is 685. The number of unbranched alkanes of at least 4 members (excludes halogenated alkanes) is 3. The van der Waals surface area contributed by atoms with Crippen LogP contribution in [0.4, 0.5) is 0 Å². The van der Waals surface area contributed by atoms with Gasteiger partial charge < -0.3 is 4.74 Å². The lowest BCUT2D eigenvalue weighted by Gasteiger charge is -2.10. The standard InChI is InChI=1S/C20H24ClO2P/c1-3-4-5-8-13-23-16-11-12-19(18(21)14-16)24-20(22)17-10-7-6-9-15(17)2/h6-7,9-12,14,24H,3-5,8,13H2,1-2H3. The summed E-state index contributed by atoms with van der Waals surface area (Å²) < 4.78 is 5.73. The molecule has 0 aliphatic rings. The fourth-order valence-electron chi connectivity index (χ4n) is 2.42. The Kier molecular flexibility index (Phi) is 7.75. The number of hydrogen-bond donors (Lipinski definition) is 0. The van der Waals surface area contributed by atoms with Crippen LogP contribution in [0.25, 0.3) is 0 Å². The van der Waals surface area contributed by atoms with Crippen molar-refractivity contribution in [2.75, 3.05) is 6.61 Å². The molecule has 0 heterocycles. The van der Waals surface area contributed by atoms with Crippen LogP contribution in [-0.2, 0) is 0 Å². The summed E-state index contributed by atoms with van der Waals surface area (Å²) in [6, 6.07) is 13.3. The van der Waals surface area contributed by atoms with E-state index in [1.807, 2.05) is 49.4 Å². The summed E-state index contributed by atoms with van der Waals surface area (Å²) in [7, 11) is 0.0231. The van der Waals surface area contributed by atoms with E-state index < -0.39 is 0 Å². The zero-order valence-corrected chi connectivity index (χ0v) is 16.0. The minimum absolute atomic E-state index is 0.0231. The molecule has 2 aromatic carbocycles. The molecular formula is C20H24ClO2P. The normalized spacial score (nSPS) is 11.1. The molecule has 0 saturated heterocycles. The van der Waals surface area contributed by atoms with Crippen molar-refractivity contribution < 1.29 is 9.53 Å². The summed E-state index contributed by atoms with van der Waals surface area (Å²) in [4.78, 5) is 12.5. The van der Waals surface area contributed by atoms with Crippen LogP contribution in [0.3, 0.4) is 0 Å². The molecule has 0 bridgehead atoms. The van der Waals surface area contributed by atoms with Gasteiger partial charge in [0.05, 0.1) is 11.6 Å². The maximum Gasteiger partial charge on any atom is 0.185 e. The Morgan fingerprint density at radius 3 is 2.62 bits per heavy atom. The van der Waals surface area contributed by atoms with Crippen LogP contribution in [0.5, 0.6) is 5.75 Å². The first kappa shape index (κ1) is 19.0. The Labute approximate surface area is 151 Å². The third-order valence-corrected chi connectivity index (χ3v) is 5.52. The minimum Gasteiger partial charge on any atom is -0.494 e. The number of rotatable bonds is 9. The van der Waals surface area contributed by atoms with Gasteiger partial charge >= 0.3 is 0 Å². The quantitative estimate of drug-likeness (QED) is 0.419. The maximum absolute atomic E-state index is 12.5. The maximum atomic E-state index is 12.5. The van der Waals surface area contributed by atoms with Crippen molar-refractivity contribution in [2.24, 2.45) is 0 Å². The molecular weight excluding hydrogens is 339 g/mol. The predicted octanol–water partition coefficient (Wildman–Crippen LogP) is 5.75. The van der Waals surface area contributed by atoms with Crippen LogP contribution >= 0.6 is 20.2 Å². The van der Waals surface area contributed by atoms with Crippen LogP contribution < -0.4 is 10.0 Å². The highest BCUT2D eigenvalue weighted by Gasteiger charge is 2.12.